The van der Waals surface area contributed by atoms with Crippen molar-refractivity contribution in [1.29, 1.82) is 0 Å². The first-order valence-corrected chi connectivity index (χ1v) is 13.1. The van der Waals surface area contributed by atoms with Gasteiger partial charge in [-0.05, 0) is 35.7 Å². The largest absolute Gasteiger partial charge is 0.379 e. The summed E-state index contributed by atoms with van der Waals surface area (Å²) in [6.45, 7) is 6.53. The van der Waals surface area contributed by atoms with Gasteiger partial charge in [-0.2, -0.15) is 0 Å². The topological polar surface area (TPSA) is 45.7 Å². The van der Waals surface area contributed by atoms with Crippen LogP contribution in [0.3, 0.4) is 0 Å². The molecule has 0 atom stereocenters. The minimum atomic E-state index is -0.418. The number of morpholine rings is 1. The second kappa shape index (κ2) is 10.9. The standard InChI is InChI=1S/C28H28ClN3O2S/c1-20-18-23(29)19-24-26(20)30-28(35-24)32(13-12-31-14-16-34-17-15-31)27(33)25(21-8-4-2-5-9-21)22-10-6-3-7-11-22/h2-11,18-19,25H,12-17H2,1H3. The summed E-state index contributed by atoms with van der Waals surface area (Å²) in [5.41, 5.74) is 3.86. The first-order valence-electron chi connectivity index (χ1n) is 11.9. The Bertz CT molecular complexity index is 1250. The van der Waals surface area contributed by atoms with Crippen LogP contribution in [0.1, 0.15) is 22.6 Å². The van der Waals surface area contributed by atoms with Gasteiger partial charge in [0.15, 0.2) is 5.13 Å². The fraction of sp³-hybridized carbons (Fsp3) is 0.286. The highest BCUT2D eigenvalue weighted by molar-refractivity contribution is 7.22. The Morgan fingerprint density at radius 2 is 1.69 bits per heavy atom. The number of carbonyl (C=O) groups is 1. The normalized spacial score (nSPS) is 14.5. The van der Waals surface area contributed by atoms with E-state index in [0.717, 1.165) is 59.8 Å². The van der Waals surface area contributed by atoms with E-state index in [9.17, 15) is 4.79 Å². The fourth-order valence-electron chi connectivity index (χ4n) is 4.55. The molecule has 5 rings (SSSR count). The summed E-state index contributed by atoms with van der Waals surface area (Å²) in [5, 5.41) is 1.39. The molecule has 35 heavy (non-hydrogen) atoms. The van der Waals surface area contributed by atoms with Crippen molar-refractivity contribution >= 4 is 44.2 Å². The van der Waals surface area contributed by atoms with Crippen LogP contribution in [0.25, 0.3) is 10.2 Å². The Balaban J connectivity index is 1.55. The van der Waals surface area contributed by atoms with Crippen LogP contribution in [0.15, 0.2) is 72.8 Å². The zero-order valence-corrected chi connectivity index (χ0v) is 21.3. The predicted octanol–water partition coefficient (Wildman–Crippen LogP) is 5.76. The molecule has 1 fully saturated rings. The Morgan fingerprint density at radius 1 is 1.06 bits per heavy atom. The SMILES string of the molecule is Cc1cc(Cl)cc2sc(N(CCN3CCOCC3)C(=O)C(c3ccccc3)c3ccccc3)nc12. The van der Waals surface area contributed by atoms with Crippen LogP contribution < -0.4 is 4.90 Å². The number of anilines is 1. The first-order chi connectivity index (χ1) is 17.1. The molecule has 0 saturated carbocycles. The molecule has 4 aromatic rings. The molecule has 2 heterocycles. The average molecular weight is 506 g/mol. The highest BCUT2D eigenvalue weighted by Crippen LogP contribution is 2.35. The molecular weight excluding hydrogens is 478 g/mol. The lowest BCUT2D eigenvalue weighted by Gasteiger charge is -2.31. The third-order valence-corrected chi connectivity index (χ3v) is 7.64. The minimum Gasteiger partial charge on any atom is -0.379 e. The third kappa shape index (κ3) is 5.41. The van der Waals surface area contributed by atoms with E-state index in [1.165, 1.54) is 11.3 Å². The molecule has 0 N–H and O–H groups in total. The van der Waals surface area contributed by atoms with E-state index in [0.29, 0.717) is 16.7 Å². The van der Waals surface area contributed by atoms with Gasteiger partial charge in [-0.15, -0.1) is 0 Å². The monoisotopic (exact) mass is 505 g/mol. The van der Waals surface area contributed by atoms with E-state index in [-0.39, 0.29) is 5.91 Å². The number of ether oxygens (including phenoxy) is 1. The lowest BCUT2D eigenvalue weighted by Crippen LogP contribution is -2.44. The van der Waals surface area contributed by atoms with Gasteiger partial charge in [0.05, 0.1) is 29.3 Å². The maximum absolute atomic E-state index is 14.4. The number of carbonyl (C=O) groups excluding carboxylic acids is 1. The summed E-state index contributed by atoms with van der Waals surface area (Å²) < 4.78 is 6.50. The van der Waals surface area contributed by atoms with Gasteiger partial charge in [-0.25, -0.2) is 4.98 Å². The predicted molar refractivity (Wildman–Crippen MR) is 144 cm³/mol. The maximum Gasteiger partial charge on any atom is 0.240 e. The smallest absolute Gasteiger partial charge is 0.240 e. The summed E-state index contributed by atoms with van der Waals surface area (Å²) in [7, 11) is 0. The van der Waals surface area contributed by atoms with Crippen LogP contribution in [-0.2, 0) is 9.53 Å². The van der Waals surface area contributed by atoms with Crippen molar-refractivity contribution in [2.24, 2.45) is 0 Å². The molecule has 0 radical (unpaired) electrons. The zero-order valence-electron chi connectivity index (χ0n) is 19.7. The number of hydrogen-bond acceptors (Lipinski definition) is 5. The van der Waals surface area contributed by atoms with Crippen LogP contribution in [0, 0.1) is 6.92 Å². The van der Waals surface area contributed by atoms with Crippen LogP contribution >= 0.6 is 22.9 Å². The maximum atomic E-state index is 14.4. The number of nitrogens with zero attached hydrogens (tertiary/aromatic N) is 3. The number of aryl methyl sites for hydroxylation is 1. The molecule has 1 aliphatic rings. The molecule has 1 amide bonds. The van der Waals surface area contributed by atoms with Crippen molar-refractivity contribution in [2.45, 2.75) is 12.8 Å². The number of fused-ring (bicyclic) bond motifs is 1. The molecule has 180 valence electrons. The van der Waals surface area contributed by atoms with E-state index in [1.54, 1.807) is 0 Å². The molecule has 1 aromatic heterocycles. The van der Waals surface area contributed by atoms with Crippen molar-refractivity contribution in [1.82, 2.24) is 9.88 Å². The van der Waals surface area contributed by atoms with E-state index in [2.05, 4.69) is 4.90 Å². The first kappa shape index (κ1) is 23.9. The Hall–Kier alpha value is -2.77. The zero-order chi connectivity index (χ0) is 24.2. The summed E-state index contributed by atoms with van der Waals surface area (Å²) >= 11 is 7.85. The number of benzene rings is 3. The van der Waals surface area contributed by atoms with Crippen LogP contribution in [-0.4, -0.2) is 55.2 Å². The average Bonchev–Trinajstić information content (AvgIpc) is 3.30. The summed E-state index contributed by atoms with van der Waals surface area (Å²) in [6, 6.07) is 23.9. The van der Waals surface area contributed by atoms with Crippen molar-refractivity contribution in [2.75, 3.05) is 44.3 Å². The van der Waals surface area contributed by atoms with Crippen molar-refractivity contribution < 1.29 is 9.53 Å². The number of hydrogen-bond donors (Lipinski definition) is 0. The lowest BCUT2D eigenvalue weighted by molar-refractivity contribution is -0.119. The highest BCUT2D eigenvalue weighted by atomic mass is 35.5. The van der Waals surface area contributed by atoms with E-state index < -0.39 is 5.92 Å². The molecule has 0 bridgehead atoms. The molecule has 5 nitrogen and oxygen atoms in total. The van der Waals surface area contributed by atoms with Crippen molar-refractivity contribution in [3.8, 4) is 0 Å². The van der Waals surface area contributed by atoms with E-state index in [1.807, 2.05) is 84.6 Å². The minimum absolute atomic E-state index is 0.0264. The van der Waals surface area contributed by atoms with Gasteiger partial charge in [-0.1, -0.05) is 83.6 Å². The molecule has 3 aromatic carbocycles. The second-order valence-electron chi connectivity index (χ2n) is 8.76. The number of thiazole rings is 1. The third-order valence-electron chi connectivity index (χ3n) is 6.39. The lowest BCUT2D eigenvalue weighted by atomic mass is 9.90. The van der Waals surface area contributed by atoms with Gasteiger partial charge >= 0.3 is 0 Å². The van der Waals surface area contributed by atoms with E-state index >= 15 is 0 Å². The van der Waals surface area contributed by atoms with Crippen LogP contribution in [0.4, 0.5) is 5.13 Å². The number of halogens is 1. The van der Waals surface area contributed by atoms with Gasteiger partial charge in [0.1, 0.15) is 0 Å². The molecule has 0 aliphatic carbocycles. The van der Waals surface area contributed by atoms with Crippen LogP contribution in [0.5, 0.6) is 0 Å². The summed E-state index contributed by atoms with van der Waals surface area (Å²) in [4.78, 5) is 23.5. The van der Waals surface area contributed by atoms with Crippen molar-refractivity contribution in [3.05, 3.63) is 94.5 Å². The second-order valence-corrected chi connectivity index (χ2v) is 10.2. The van der Waals surface area contributed by atoms with E-state index in [4.69, 9.17) is 21.3 Å². The summed E-state index contributed by atoms with van der Waals surface area (Å²) in [6.07, 6.45) is 0. The van der Waals surface area contributed by atoms with Gasteiger partial charge in [0, 0.05) is 31.2 Å². The van der Waals surface area contributed by atoms with Crippen LogP contribution in [0.2, 0.25) is 5.02 Å². The number of amides is 1. The molecule has 0 spiro atoms. The molecule has 7 heteroatoms. The quantitative estimate of drug-likeness (QED) is 0.320. The summed E-state index contributed by atoms with van der Waals surface area (Å²) in [5.74, 6) is -0.391. The molecule has 1 saturated heterocycles. The molecular formula is C28H28ClN3O2S. The van der Waals surface area contributed by atoms with Gasteiger partial charge in [-0.3, -0.25) is 14.6 Å². The molecule has 1 aliphatic heterocycles. The van der Waals surface area contributed by atoms with Crippen molar-refractivity contribution in [3.63, 3.8) is 0 Å². The Labute approximate surface area is 214 Å². The van der Waals surface area contributed by atoms with Gasteiger partial charge < -0.3 is 4.74 Å². The fourth-order valence-corrected chi connectivity index (χ4v) is 6.00. The Morgan fingerprint density at radius 3 is 2.31 bits per heavy atom. The van der Waals surface area contributed by atoms with Gasteiger partial charge in [0.25, 0.3) is 0 Å². The van der Waals surface area contributed by atoms with Gasteiger partial charge in [0.2, 0.25) is 5.91 Å². The highest BCUT2D eigenvalue weighted by Gasteiger charge is 2.30. The molecule has 0 unspecified atom stereocenters. The Kier molecular flexibility index (Phi) is 7.44. The number of rotatable bonds is 7. The number of aromatic nitrogens is 1.